The highest BCUT2D eigenvalue weighted by Crippen LogP contribution is 2.24. The summed E-state index contributed by atoms with van der Waals surface area (Å²) in [6.45, 7) is 0. The van der Waals surface area contributed by atoms with E-state index >= 15 is 0 Å². The number of carbonyl (C=O) groups is 1. The van der Waals surface area contributed by atoms with Gasteiger partial charge in [-0.05, 0) is 12.1 Å². The number of nitro groups is 1. The molecule has 0 aliphatic rings. The first-order chi connectivity index (χ1) is 8.50. The van der Waals surface area contributed by atoms with E-state index in [2.05, 4.69) is 5.10 Å². The maximum atomic E-state index is 13.7. The number of hydrogen-bond donors (Lipinski definition) is 1. The van der Waals surface area contributed by atoms with E-state index in [4.69, 9.17) is 5.11 Å². The Hall–Kier alpha value is -2.77. The minimum atomic E-state index is -1.50. The van der Waals surface area contributed by atoms with Crippen molar-refractivity contribution in [1.29, 1.82) is 0 Å². The van der Waals surface area contributed by atoms with E-state index in [9.17, 15) is 19.3 Å². The van der Waals surface area contributed by atoms with Gasteiger partial charge in [-0.15, -0.1) is 0 Å². The Bertz CT molecular complexity index is 624. The number of aromatic carboxylic acids is 1. The number of nitrogens with zero attached hydrogens (tertiary/aromatic N) is 3. The van der Waals surface area contributed by atoms with Crippen LogP contribution < -0.4 is 0 Å². The predicted octanol–water partition coefficient (Wildman–Crippen LogP) is 1.62. The number of aromatic nitrogens is 2. The molecule has 0 saturated carbocycles. The molecule has 0 unspecified atom stereocenters. The van der Waals surface area contributed by atoms with Crippen LogP contribution in [0, 0.1) is 15.9 Å². The Labute approximate surface area is 99.2 Å². The molecule has 1 aromatic carbocycles. The van der Waals surface area contributed by atoms with Crippen LogP contribution in [0.5, 0.6) is 0 Å². The van der Waals surface area contributed by atoms with Crippen molar-refractivity contribution in [3.63, 3.8) is 0 Å². The van der Waals surface area contributed by atoms with Crippen molar-refractivity contribution >= 4 is 11.7 Å². The third-order valence-corrected chi connectivity index (χ3v) is 2.24. The molecule has 0 amide bonds. The predicted molar refractivity (Wildman–Crippen MR) is 57.1 cm³/mol. The molecule has 2 rings (SSSR count). The van der Waals surface area contributed by atoms with Crippen LogP contribution in [0.1, 0.15) is 10.4 Å². The van der Waals surface area contributed by atoms with Crippen molar-refractivity contribution in [3.8, 4) is 5.69 Å². The number of halogens is 1. The van der Waals surface area contributed by atoms with Gasteiger partial charge in [0.15, 0.2) is 5.82 Å². The van der Waals surface area contributed by atoms with Crippen molar-refractivity contribution in [2.75, 3.05) is 0 Å². The zero-order chi connectivity index (χ0) is 13.3. The van der Waals surface area contributed by atoms with E-state index < -0.39 is 28.0 Å². The lowest BCUT2D eigenvalue weighted by Gasteiger charge is -2.05. The highest BCUT2D eigenvalue weighted by atomic mass is 19.1. The summed E-state index contributed by atoms with van der Waals surface area (Å²) in [5.74, 6) is -2.43. The van der Waals surface area contributed by atoms with Crippen LogP contribution in [-0.2, 0) is 0 Å². The SMILES string of the molecule is O=C(O)c1cc(-n2cccn2)c(F)cc1[N+](=O)[O-]. The molecule has 8 heteroatoms. The highest BCUT2D eigenvalue weighted by molar-refractivity contribution is 5.93. The van der Waals surface area contributed by atoms with Crippen LogP contribution in [0.3, 0.4) is 0 Å². The first-order valence-corrected chi connectivity index (χ1v) is 4.72. The van der Waals surface area contributed by atoms with Crippen LogP contribution in [-0.4, -0.2) is 25.8 Å². The maximum absolute atomic E-state index is 13.7. The minimum Gasteiger partial charge on any atom is -0.477 e. The number of carboxylic acids is 1. The molecule has 0 aliphatic carbocycles. The smallest absolute Gasteiger partial charge is 0.342 e. The van der Waals surface area contributed by atoms with E-state index in [-0.39, 0.29) is 5.69 Å². The monoisotopic (exact) mass is 251 g/mol. The van der Waals surface area contributed by atoms with Crippen LogP contribution in [0.25, 0.3) is 5.69 Å². The molecular weight excluding hydrogens is 245 g/mol. The van der Waals surface area contributed by atoms with E-state index in [0.29, 0.717) is 6.07 Å². The van der Waals surface area contributed by atoms with Gasteiger partial charge in [-0.1, -0.05) is 0 Å². The van der Waals surface area contributed by atoms with Crippen molar-refractivity contribution in [3.05, 3.63) is 52.1 Å². The van der Waals surface area contributed by atoms with Gasteiger partial charge in [0.25, 0.3) is 5.69 Å². The summed E-state index contributed by atoms with van der Waals surface area (Å²) < 4.78 is 14.7. The molecule has 1 aromatic heterocycles. The first kappa shape index (κ1) is 11.7. The molecule has 0 saturated heterocycles. The Morgan fingerprint density at radius 3 is 2.72 bits per heavy atom. The minimum absolute atomic E-state index is 0.164. The zero-order valence-electron chi connectivity index (χ0n) is 8.78. The van der Waals surface area contributed by atoms with Crippen LogP contribution >= 0.6 is 0 Å². The second-order valence-electron chi connectivity index (χ2n) is 3.33. The first-order valence-electron chi connectivity index (χ1n) is 4.72. The van der Waals surface area contributed by atoms with Gasteiger partial charge in [-0.2, -0.15) is 5.10 Å². The Morgan fingerprint density at radius 2 is 2.22 bits per heavy atom. The Kier molecular flexibility index (Phi) is 2.76. The zero-order valence-corrected chi connectivity index (χ0v) is 8.78. The van der Waals surface area contributed by atoms with Gasteiger partial charge < -0.3 is 5.11 Å². The van der Waals surface area contributed by atoms with Crippen LogP contribution in [0.2, 0.25) is 0 Å². The van der Waals surface area contributed by atoms with Crippen molar-refractivity contribution < 1.29 is 19.2 Å². The molecule has 1 heterocycles. The second-order valence-corrected chi connectivity index (χ2v) is 3.33. The van der Waals surface area contributed by atoms with Crippen molar-refractivity contribution in [1.82, 2.24) is 9.78 Å². The van der Waals surface area contributed by atoms with Gasteiger partial charge in [0, 0.05) is 12.4 Å². The lowest BCUT2D eigenvalue weighted by molar-refractivity contribution is -0.385. The van der Waals surface area contributed by atoms with E-state index in [1.807, 2.05) is 0 Å². The second kappa shape index (κ2) is 4.24. The summed E-state index contributed by atoms with van der Waals surface area (Å²) in [7, 11) is 0. The van der Waals surface area contributed by atoms with E-state index in [1.165, 1.54) is 18.5 Å². The molecule has 0 fully saturated rings. The fourth-order valence-corrected chi connectivity index (χ4v) is 1.46. The molecule has 7 nitrogen and oxygen atoms in total. The number of benzene rings is 1. The number of carboxylic acid groups (broad SMARTS) is 1. The average molecular weight is 251 g/mol. The molecule has 92 valence electrons. The van der Waals surface area contributed by atoms with Gasteiger partial charge in [0.05, 0.1) is 11.0 Å². The Balaban J connectivity index is 2.68. The number of nitro benzene ring substituents is 1. The molecular formula is C10H6FN3O4. The standard InChI is InChI=1S/C10H6FN3O4/c11-7-5-8(14(17)18)6(10(15)16)4-9(7)13-3-1-2-12-13/h1-5H,(H,15,16). The van der Waals surface area contributed by atoms with Gasteiger partial charge in [-0.3, -0.25) is 10.1 Å². The fourth-order valence-electron chi connectivity index (χ4n) is 1.46. The normalized spacial score (nSPS) is 10.3. The quantitative estimate of drug-likeness (QED) is 0.660. The summed E-state index contributed by atoms with van der Waals surface area (Å²) in [5.41, 5.74) is -1.55. The van der Waals surface area contributed by atoms with Gasteiger partial charge in [0.1, 0.15) is 11.3 Å². The summed E-state index contributed by atoms with van der Waals surface area (Å²) in [6, 6.07) is 2.96. The van der Waals surface area contributed by atoms with Gasteiger partial charge in [-0.25, -0.2) is 13.9 Å². The van der Waals surface area contributed by atoms with Gasteiger partial charge >= 0.3 is 5.97 Å². The molecule has 0 atom stereocenters. The van der Waals surface area contributed by atoms with Crippen molar-refractivity contribution in [2.45, 2.75) is 0 Å². The maximum Gasteiger partial charge on any atom is 0.342 e. The molecule has 0 bridgehead atoms. The summed E-state index contributed by atoms with van der Waals surface area (Å²) in [4.78, 5) is 20.6. The molecule has 1 N–H and O–H groups in total. The van der Waals surface area contributed by atoms with Crippen molar-refractivity contribution in [2.24, 2.45) is 0 Å². The molecule has 2 aromatic rings. The number of hydrogen-bond acceptors (Lipinski definition) is 4. The summed E-state index contributed by atoms with van der Waals surface area (Å²) in [6.07, 6.45) is 2.77. The lowest BCUT2D eigenvalue weighted by atomic mass is 10.1. The fraction of sp³-hybridized carbons (Fsp3) is 0. The van der Waals surface area contributed by atoms with Gasteiger partial charge in [0.2, 0.25) is 0 Å². The molecule has 0 radical (unpaired) electrons. The topological polar surface area (TPSA) is 98.3 Å². The van der Waals surface area contributed by atoms with Crippen LogP contribution in [0.4, 0.5) is 10.1 Å². The third kappa shape index (κ3) is 1.90. The summed E-state index contributed by atoms with van der Waals surface area (Å²) in [5, 5.41) is 23.2. The average Bonchev–Trinajstić information content (AvgIpc) is 2.81. The van der Waals surface area contributed by atoms with E-state index in [0.717, 1.165) is 10.7 Å². The summed E-state index contributed by atoms with van der Waals surface area (Å²) >= 11 is 0. The highest BCUT2D eigenvalue weighted by Gasteiger charge is 2.23. The molecule has 0 aliphatic heterocycles. The lowest BCUT2D eigenvalue weighted by Crippen LogP contribution is -2.07. The molecule has 18 heavy (non-hydrogen) atoms. The number of rotatable bonds is 3. The van der Waals surface area contributed by atoms with Crippen LogP contribution in [0.15, 0.2) is 30.6 Å². The Morgan fingerprint density at radius 1 is 1.50 bits per heavy atom. The van der Waals surface area contributed by atoms with E-state index in [1.54, 1.807) is 0 Å². The molecule has 0 spiro atoms. The largest absolute Gasteiger partial charge is 0.477 e. The third-order valence-electron chi connectivity index (χ3n) is 2.24.